The molecule has 1 N–H and O–H groups in total. The summed E-state index contributed by atoms with van der Waals surface area (Å²) in [5.41, 5.74) is 9.28. The van der Waals surface area contributed by atoms with E-state index in [0.29, 0.717) is 0 Å². The highest BCUT2D eigenvalue weighted by molar-refractivity contribution is 6.07. The fourth-order valence-corrected chi connectivity index (χ4v) is 3.72. The second-order valence-electron chi connectivity index (χ2n) is 8.15. The molecule has 4 rings (SSSR count). The monoisotopic (exact) mass is 369 g/mol. The molecule has 0 heterocycles. The van der Waals surface area contributed by atoms with Crippen LogP contribution in [-0.4, -0.2) is 27.1 Å². The smallest absolute Gasteiger partial charge is 0.221 e. The number of rotatable bonds is 3. The highest BCUT2D eigenvalue weighted by Gasteiger charge is 2.23. The van der Waals surface area contributed by atoms with Crippen molar-refractivity contribution in [2.45, 2.75) is 6.92 Å². The molecule has 1 aliphatic rings. The van der Waals surface area contributed by atoms with E-state index in [1.807, 2.05) is 6.07 Å². The predicted molar refractivity (Wildman–Crippen MR) is 119 cm³/mol. The third-order valence-corrected chi connectivity index (χ3v) is 5.12. The maximum absolute atomic E-state index is 11.5. The molecule has 3 nitrogen and oxygen atoms in total. The van der Waals surface area contributed by atoms with Gasteiger partial charge in [0.15, 0.2) is 0 Å². The van der Waals surface area contributed by atoms with Crippen molar-refractivity contribution in [3.05, 3.63) is 83.4 Å². The van der Waals surface area contributed by atoms with Gasteiger partial charge >= 0.3 is 0 Å². The second kappa shape index (κ2) is 6.77. The molecular weight excluding hydrogens is 344 g/mol. The average Bonchev–Trinajstić information content (AvgIpc) is 2.94. The van der Waals surface area contributed by atoms with Gasteiger partial charge in [0.1, 0.15) is 5.69 Å². The van der Waals surface area contributed by atoms with Crippen LogP contribution in [-0.2, 0) is 4.79 Å². The Balaban J connectivity index is 1.82. The fourth-order valence-electron chi connectivity index (χ4n) is 3.72. The molecule has 3 heteroatoms. The van der Waals surface area contributed by atoms with Crippen LogP contribution in [0.3, 0.4) is 0 Å². The Bertz CT molecular complexity index is 1090. The van der Waals surface area contributed by atoms with Crippen LogP contribution in [0.2, 0.25) is 0 Å². The van der Waals surface area contributed by atoms with E-state index in [4.69, 9.17) is 0 Å². The van der Waals surface area contributed by atoms with Gasteiger partial charge in [0.25, 0.3) is 0 Å². The standard InChI is InChI=1S/C25H24N2O/c1-17(28)26-19-11-14-23-21-7-5-6-8-22(21)24(25(23)16-19)15-18-9-12-20(13-10-18)27(2,3)4/h5-16H,1-4H3/p+1/b24-15-. The van der Waals surface area contributed by atoms with Crippen molar-refractivity contribution in [2.75, 3.05) is 26.5 Å². The summed E-state index contributed by atoms with van der Waals surface area (Å²) in [6.45, 7) is 1.54. The fraction of sp³-hybridized carbons (Fsp3) is 0.160. The van der Waals surface area contributed by atoms with E-state index < -0.39 is 0 Å². The lowest BCUT2D eigenvalue weighted by Gasteiger charge is -2.23. The Hall–Kier alpha value is -3.17. The van der Waals surface area contributed by atoms with Gasteiger partial charge in [-0.05, 0) is 75.9 Å². The Morgan fingerprint density at radius 2 is 1.46 bits per heavy atom. The molecule has 0 aliphatic heterocycles. The first-order valence-corrected chi connectivity index (χ1v) is 9.48. The molecule has 0 unspecified atom stereocenters. The zero-order chi connectivity index (χ0) is 19.9. The van der Waals surface area contributed by atoms with Gasteiger partial charge in [0, 0.05) is 12.6 Å². The molecule has 0 bridgehead atoms. The molecule has 1 aliphatic carbocycles. The van der Waals surface area contributed by atoms with Crippen LogP contribution in [0.1, 0.15) is 23.6 Å². The molecule has 0 spiro atoms. The maximum Gasteiger partial charge on any atom is 0.221 e. The molecule has 140 valence electrons. The quantitative estimate of drug-likeness (QED) is 0.481. The van der Waals surface area contributed by atoms with Crippen molar-refractivity contribution in [2.24, 2.45) is 0 Å². The lowest BCUT2D eigenvalue weighted by Crippen LogP contribution is -2.34. The molecular formula is C25H25N2O+. The number of benzene rings is 3. The van der Waals surface area contributed by atoms with E-state index in [2.05, 4.69) is 93.2 Å². The molecule has 3 aromatic carbocycles. The van der Waals surface area contributed by atoms with E-state index in [0.717, 1.165) is 15.7 Å². The van der Waals surface area contributed by atoms with E-state index in [1.165, 1.54) is 40.4 Å². The van der Waals surface area contributed by atoms with Crippen LogP contribution in [0.5, 0.6) is 0 Å². The Labute approximate surface area is 166 Å². The van der Waals surface area contributed by atoms with E-state index in [1.54, 1.807) is 0 Å². The number of nitrogens with zero attached hydrogens (tertiary/aromatic N) is 1. The van der Waals surface area contributed by atoms with Gasteiger partial charge in [0.2, 0.25) is 5.91 Å². The Morgan fingerprint density at radius 3 is 2.11 bits per heavy atom. The van der Waals surface area contributed by atoms with Gasteiger partial charge in [-0.15, -0.1) is 0 Å². The summed E-state index contributed by atoms with van der Waals surface area (Å²) in [5, 5.41) is 2.90. The molecule has 1 amide bonds. The lowest BCUT2D eigenvalue weighted by molar-refractivity contribution is -0.114. The summed E-state index contributed by atoms with van der Waals surface area (Å²) in [5.74, 6) is -0.0584. The third-order valence-electron chi connectivity index (χ3n) is 5.12. The van der Waals surface area contributed by atoms with Crippen molar-refractivity contribution in [3.63, 3.8) is 0 Å². The average molecular weight is 369 g/mol. The van der Waals surface area contributed by atoms with Crippen molar-refractivity contribution < 1.29 is 4.79 Å². The number of hydrogen-bond donors (Lipinski definition) is 1. The van der Waals surface area contributed by atoms with Crippen LogP contribution in [0.4, 0.5) is 11.4 Å². The normalized spacial score (nSPS) is 13.9. The maximum atomic E-state index is 11.5. The molecule has 0 fully saturated rings. The van der Waals surface area contributed by atoms with Crippen LogP contribution < -0.4 is 9.80 Å². The van der Waals surface area contributed by atoms with Gasteiger partial charge < -0.3 is 5.32 Å². The Morgan fingerprint density at radius 1 is 0.821 bits per heavy atom. The van der Waals surface area contributed by atoms with Crippen molar-refractivity contribution in [1.29, 1.82) is 0 Å². The predicted octanol–water partition coefficient (Wildman–Crippen LogP) is 5.41. The van der Waals surface area contributed by atoms with Gasteiger partial charge in [-0.2, -0.15) is 0 Å². The minimum Gasteiger partial charge on any atom is -0.326 e. The Kier molecular flexibility index (Phi) is 4.40. The van der Waals surface area contributed by atoms with Gasteiger partial charge in [0.05, 0.1) is 21.1 Å². The van der Waals surface area contributed by atoms with Crippen LogP contribution >= 0.6 is 0 Å². The number of amides is 1. The number of fused-ring (bicyclic) bond motifs is 3. The van der Waals surface area contributed by atoms with E-state index >= 15 is 0 Å². The van der Waals surface area contributed by atoms with Crippen LogP contribution in [0.25, 0.3) is 22.8 Å². The summed E-state index contributed by atoms with van der Waals surface area (Å²) >= 11 is 0. The van der Waals surface area contributed by atoms with Crippen LogP contribution in [0.15, 0.2) is 66.7 Å². The van der Waals surface area contributed by atoms with Gasteiger partial charge in [-0.1, -0.05) is 30.3 Å². The summed E-state index contributed by atoms with van der Waals surface area (Å²) in [4.78, 5) is 11.5. The number of anilines is 1. The zero-order valence-electron chi connectivity index (χ0n) is 16.8. The second-order valence-corrected chi connectivity index (χ2v) is 8.15. The highest BCUT2D eigenvalue weighted by atomic mass is 16.1. The first-order valence-electron chi connectivity index (χ1n) is 9.48. The summed E-state index contributed by atoms with van der Waals surface area (Å²) in [7, 11) is 6.50. The third kappa shape index (κ3) is 3.37. The van der Waals surface area contributed by atoms with Gasteiger partial charge in [-0.3, -0.25) is 9.28 Å². The summed E-state index contributed by atoms with van der Waals surface area (Å²) < 4.78 is 0.794. The van der Waals surface area contributed by atoms with E-state index in [-0.39, 0.29) is 5.91 Å². The van der Waals surface area contributed by atoms with Gasteiger partial charge in [-0.25, -0.2) is 0 Å². The van der Waals surface area contributed by atoms with Crippen molar-refractivity contribution in [1.82, 2.24) is 4.48 Å². The SMILES string of the molecule is CC(=O)Nc1ccc2c(c1)/C(=C\c1ccc([N+](C)(C)C)cc1)c1ccccc1-2. The molecule has 0 saturated carbocycles. The molecule has 0 aromatic heterocycles. The number of quaternary nitrogens is 1. The largest absolute Gasteiger partial charge is 0.326 e. The van der Waals surface area contributed by atoms with Crippen molar-refractivity contribution >= 4 is 28.9 Å². The summed E-state index contributed by atoms with van der Waals surface area (Å²) in [6, 6.07) is 23.3. The lowest BCUT2D eigenvalue weighted by atomic mass is 10.0. The molecule has 0 atom stereocenters. The number of nitrogens with one attached hydrogen (secondary N) is 1. The summed E-state index contributed by atoms with van der Waals surface area (Å²) in [6.07, 6.45) is 2.24. The minimum absolute atomic E-state index is 0.0584. The zero-order valence-corrected chi connectivity index (χ0v) is 16.8. The minimum atomic E-state index is -0.0584. The molecule has 28 heavy (non-hydrogen) atoms. The molecule has 0 saturated heterocycles. The topological polar surface area (TPSA) is 29.1 Å². The molecule has 3 aromatic rings. The molecule has 0 radical (unpaired) electrons. The van der Waals surface area contributed by atoms with Crippen LogP contribution in [0, 0.1) is 0 Å². The number of carbonyl (C=O) groups is 1. The first-order chi connectivity index (χ1) is 13.3. The van der Waals surface area contributed by atoms with E-state index in [9.17, 15) is 4.79 Å². The number of hydrogen-bond acceptors (Lipinski definition) is 1. The van der Waals surface area contributed by atoms with Crippen molar-refractivity contribution in [3.8, 4) is 11.1 Å². The highest BCUT2D eigenvalue weighted by Crippen LogP contribution is 2.45. The first kappa shape index (κ1) is 18.2. The number of carbonyl (C=O) groups excluding carboxylic acids is 1.